The number of rotatable bonds is 4. The fraction of sp³-hybridized carbons (Fsp3) is 0.250. The molecule has 3 nitrogen and oxygen atoms in total. The number of hydrogen-bond donors (Lipinski definition) is 1. The van der Waals surface area contributed by atoms with E-state index >= 15 is 0 Å². The van der Waals surface area contributed by atoms with Crippen molar-refractivity contribution in [2.24, 2.45) is 0 Å². The Morgan fingerprint density at radius 2 is 1.90 bits per heavy atom. The maximum Gasteiger partial charge on any atom is 0.129 e. The molecule has 21 heavy (non-hydrogen) atoms. The second-order valence-corrected chi connectivity index (χ2v) is 5.95. The van der Waals surface area contributed by atoms with Crippen LogP contribution in [0, 0.1) is 0 Å². The fourth-order valence-electron chi connectivity index (χ4n) is 2.31. The Morgan fingerprint density at radius 3 is 2.62 bits per heavy atom. The van der Waals surface area contributed by atoms with Crippen LogP contribution < -0.4 is 5.32 Å². The zero-order valence-corrected chi connectivity index (χ0v) is 13.5. The number of benzene rings is 2. The van der Waals surface area contributed by atoms with Crippen LogP contribution in [-0.4, -0.2) is 8.75 Å². The molecule has 0 radical (unpaired) electrons. The van der Waals surface area contributed by atoms with Gasteiger partial charge in [-0.1, -0.05) is 42.8 Å². The van der Waals surface area contributed by atoms with E-state index in [0.29, 0.717) is 5.02 Å². The van der Waals surface area contributed by atoms with Crippen molar-refractivity contribution in [3.05, 3.63) is 52.5 Å². The molecule has 3 rings (SSSR count). The molecule has 1 heterocycles. The Kier molecular flexibility index (Phi) is 4.08. The molecule has 3 aromatic rings. The van der Waals surface area contributed by atoms with Crippen LogP contribution in [0.3, 0.4) is 0 Å². The highest BCUT2D eigenvalue weighted by Gasteiger charge is 2.13. The minimum absolute atomic E-state index is 0.153. The first-order valence-electron chi connectivity index (χ1n) is 6.95. The summed E-state index contributed by atoms with van der Waals surface area (Å²) in [7, 11) is 0. The molecule has 0 saturated carbocycles. The van der Waals surface area contributed by atoms with Crippen molar-refractivity contribution in [3.8, 4) is 0 Å². The third kappa shape index (κ3) is 2.87. The Hall–Kier alpha value is -1.65. The van der Waals surface area contributed by atoms with E-state index in [1.807, 2.05) is 12.1 Å². The van der Waals surface area contributed by atoms with Gasteiger partial charge in [-0.05, 0) is 36.6 Å². The summed E-state index contributed by atoms with van der Waals surface area (Å²) in [6.07, 6.45) is 1.05. The molecule has 2 aromatic carbocycles. The van der Waals surface area contributed by atoms with Crippen LogP contribution >= 0.6 is 23.3 Å². The van der Waals surface area contributed by atoms with Crippen LogP contribution in [0.2, 0.25) is 5.02 Å². The van der Waals surface area contributed by atoms with Gasteiger partial charge in [0.15, 0.2) is 0 Å². The Morgan fingerprint density at radius 1 is 1.14 bits per heavy atom. The lowest BCUT2D eigenvalue weighted by molar-refractivity contribution is 0.884. The van der Waals surface area contributed by atoms with E-state index in [1.165, 1.54) is 22.9 Å². The van der Waals surface area contributed by atoms with Gasteiger partial charge in [-0.3, -0.25) is 0 Å². The van der Waals surface area contributed by atoms with Crippen LogP contribution in [0.25, 0.3) is 11.0 Å². The van der Waals surface area contributed by atoms with E-state index in [1.54, 1.807) is 0 Å². The summed E-state index contributed by atoms with van der Waals surface area (Å²) in [5, 5.41) is 4.14. The van der Waals surface area contributed by atoms with E-state index < -0.39 is 0 Å². The molecule has 0 amide bonds. The maximum absolute atomic E-state index is 6.31. The van der Waals surface area contributed by atoms with E-state index in [4.69, 9.17) is 11.6 Å². The van der Waals surface area contributed by atoms with Crippen molar-refractivity contribution in [3.63, 3.8) is 0 Å². The molecule has 0 fully saturated rings. The first-order chi connectivity index (χ1) is 10.2. The molecule has 0 saturated heterocycles. The van der Waals surface area contributed by atoms with Gasteiger partial charge in [-0.25, -0.2) is 0 Å². The van der Waals surface area contributed by atoms with Gasteiger partial charge in [-0.2, -0.15) is 8.75 Å². The summed E-state index contributed by atoms with van der Waals surface area (Å²) in [4.78, 5) is 0. The lowest BCUT2D eigenvalue weighted by Crippen LogP contribution is -2.07. The number of anilines is 1. The van der Waals surface area contributed by atoms with Gasteiger partial charge in [0.2, 0.25) is 0 Å². The fourth-order valence-corrected chi connectivity index (χ4v) is 3.06. The molecule has 1 atom stereocenters. The first kappa shape index (κ1) is 14.3. The molecule has 0 aliphatic rings. The molecule has 0 aliphatic carbocycles. The second-order valence-electron chi connectivity index (χ2n) is 5.02. The van der Waals surface area contributed by atoms with E-state index in [9.17, 15) is 0 Å². The van der Waals surface area contributed by atoms with E-state index in [0.717, 1.165) is 23.1 Å². The van der Waals surface area contributed by atoms with Crippen LogP contribution in [0.5, 0.6) is 0 Å². The van der Waals surface area contributed by atoms with Crippen molar-refractivity contribution < 1.29 is 0 Å². The SMILES string of the molecule is CCc1ccc(C(C)Nc2c(Cl)ccc3nsnc23)cc1. The highest BCUT2D eigenvalue weighted by atomic mass is 35.5. The molecule has 1 N–H and O–H groups in total. The van der Waals surface area contributed by atoms with Crippen LogP contribution in [0.15, 0.2) is 36.4 Å². The minimum atomic E-state index is 0.153. The quantitative estimate of drug-likeness (QED) is 0.729. The van der Waals surface area contributed by atoms with Crippen molar-refractivity contribution >= 4 is 40.0 Å². The number of halogens is 1. The number of aryl methyl sites for hydroxylation is 1. The lowest BCUT2D eigenvalue weighted by Gasteiger charge is -2.17. The highest BCUT2D eigenvalue weighted by molar-refractivity contribution is 7.00. The summed E-state index contributed by atoms with van der Waals surface area (Å²) in [5.41, 5.74) is 5.14. The average molecular weight is 318 g/mol. The summed E-state index contributed by atoms with van der Waals surface area (Å²) in [6, 6.07) is 12.6. The van der Waals surface area contributed by atoms with Gasteiger partial charge in [0.05, 0.1) is 22.4 Å². The van der Waals surface area contributed by atoms with Gasteiger partial charge >= 0.3 is 0 Å². The third-order valence-electron chi connectivity index (χ3n) is 3.63. The van der Waals surface area contributed by atoms with Crippen molar-refractivity contribution in [1.29, 1.82) is 0 Å². The first-order valence-corrected chi connectivity index (χ1v) is 8.06. The van der Waals surface area contributed by atoms with Crippen molar-refractivity contribution in [2.75, 3.05) is 5.32 Å². The molecular weight excluding hydrogens is 302 g/mol. The molecule has 0 bridgehead atoms. The zero-order valence-electron chi connectivity index (χ0n) is 11.9. The molecule has 0 aliphatic heterocycles. The Bertz CT molecular complexity index is 752. The van der Waals surface area contributed by atoms with Crippen molar-refractivity contribution in [2.45, 2.75) is 26.3 Å². The number of nitrogens with one attached hydrogen (secondary N) is 1. The van der Waals surface area contributed by atoms with Crippen LogP contribution in [0.1, 0.15) is 31.0 Å². The lowest BCUT2D eigenvalue weighted by atomic mass is 10.0. The molecule has 1 aromatic heterocycles. The number of nitrogens with zero attached hydrogens (tertiary/aromatic N) is 2. The molecule has 0 spiro atoms. The van der Waals surface area contributed by atoms with Gasteiger partial charge in [0.25, 0.3) is 0 Å². The predicted molar refractivity (Wildman–Crippen MR) is 90.3 cm³/mol. The standard InChI is InChI=1S/C16H16ClN3S/c1-3-11-4-6-12(7-5-11)10(2)18-15-13(17)8-9-14-16(15)20-21-19-14/h4-10,18H,3H2,1-2H3. The van der Waals surface area contributed by atoms with E-state index in [2.05, 4.69) is 52.2 Å². The van der Waals surface area contributed by atoms with Crippen molar-refractivity contribution in [1.82, 2.24) is 8.75 Å². The number of fused-ring (bicyclic) bond motifs is 1. The van der Waals surface area contributed by atoms with Crippen LogP contribution in [-0.2, 0) is 6.42 Å². The van der Waals surface area contributed by atoms with Gasteiger partial charge in [0.1, 0.15) is 11.0 Å². The Labute approximate surface area is 133 Å². The molecule has 1 unspecified atom stereocenters. The smallest absolute Gasteiger partial charge is 0.129 e. The molecule has 5 heteroatoms. The normalized spacial score (nSPS) is 12.5. The van der Waals surface area contributed by atoms with Gasteiger partial charge in [-0.15, -0.1) is 0 Å². The average Bonchev–Trinajstić information content (AvgIpc) is 2.99. The largest absolute Gasteiger partial charge is 0.375 e. The van der Waals surface area contributed by atoms with E-state index in [-0.39, 0.29) is 6.04 Å². The molecular formula is C16H16ClN3S. The number of hydrogen-bond acceptors (Lipinski definition) is 4. The zero-order chi connectivity index (χ0) is 14.8. The summed E-state index contributed by atoms with van der Waals surface area (Å²) in [5.74, 6) is 0. The summed E-state index contributed by atoms with van der Waals surface area (Å²) in [6.45, 7) is 4.28. The van der Waals surface area contributed by atoms with Gasteiger partial charge in [0, 0.05) is 6.04 Å². The molecule has 108 valence electrons. The third-order valence-corrected chi connectivity index (χ3v) is 4.48. The minimum Gasteiger partial charge on any atom is -0.375 e. The predicted octanol–water partition coefficient (Wildman–Crippen LogP) is 5.08. The maximum atomic E-state index is 6.31. The highest BCUT2D eigenvalue weighted by Crippen LogP contribution is 2.32. The second kappa shape index (κ2) is 6.00. The monoisotopic (exact) mass is 317 g/mol. The Balaban J connectivity index is 1.90. The summed E-state index contributed by atoms with van der Waals surface area (Å²) >= 11 is 7.52. The van der Waals surface area contributed by atoms with Crippen LogP contribution in [0.4, 0.5) is 5.69 Å². The topological polar surface area (TPSA) is 37.8 Å². The summed E-state index contributed by atoms with van der Waals surface area (Å²) < 4.78 is 8.59. The number of aromatic nitrogens is 2. The van der Waals surface area contributed by atoms with Gasteiger partial charge < -0.3 is 5.32 Å².